The van der Waals surface area contributed by atoms with Crippen molar-refractivity contribution in [2.75, 3.05) is 38.7 Å². The third-order valence-corrected chi connectivity index (χ3v) is 6.25. The molecule has 43 heavy (non-hydrogen) atoms. The van der Waals surface area contributed by atoms with E-state index in [-0.39, 0.29) is 16.8 Å². The predicted octanol–water partition coefficient (Wildman–Crippen LogP) is 2.59. The minimum atomic E-state index is -1.46. The summed E-state index contributed by atoms with van der Waals surface area (Å²) in [5, 5.41) is 8.55. The van der Waals surface area contributed by atoms with Crippen LogP contribution in [0.15, 0.2) is 65.8 Å². The van der Waals surface area contributed by atoms with E-state index >= 15 is 0 Å². The molecular formula is C29H27N5O9. The number of carbonyl (C=O) groups excluding carboxylic acids is 5. The maximum absolute atomic E-state index is 12.9. The molecule has 0 unspecified atom stereocenters. The molecule has 0 spiro atoms. The van der Waals surface area contributed by atoms with Gasteiger partial charge in [0.05, 0.1) is 34.1 Å². The largest absolute Gasteiger partial charge is 0.497 e. The normalized spacial score (nSPS) is 14.7. The van der Waals surface area contributed by atoms with Crippen molar-refractivity contribution in [3.63, 3.8) is 0 Å². The van der Waals surface area contributed by atoms with Crippen LogP contribution in [0.2, 0.25) is 0 Å². The number of ether oxygens (including phenoxy) is 4. The number of benzene rings is 3. The monoisotopic (exact) mass is 589 g/mol. The molecule has 1 saturated heterocycles. The fourth-order valence-electron chi connectivity index (χ4n) is 4.05. The summed E-state index contributed by atoms with van der Waals surface area (Å²) in [7, 11) is 5.80. The number of nitrogens with one attached hydrogen (secondary N) is 3. The molecule has 3 aromatic rings. The number of rotatable bonds is 10. The summed E-state index contributed by atoms with van der Waals surface area (Å²) in [4.78, 5) is 63.8. The van der Waals surface area contributed by atoms with Gasteiger partial charge in [-0.1, -0.05) is 0 Å². The minimum Gasteiger partial charge on any atom is -0.497 e. The van der Waals surface area contributed by atoms with E-state index in [1.165, 1.54) is 77.0 Å². The average molecular weight is 590 g/mol. The van der Waals surface area contributed by atoms with Gasteiger partial charge in [0.2, 0.25) is 11.7 Å². The van der Waals surface area contributed by atoms with Crippen LogP contribution in [-0.2, 0) is 9.59 Å². The summed E-state index contributed by atoms with van der Waals surface area (Å²) >= 11 is 0. The average Bonchev–Trinajstić information content (AvgIpc) is 3.02. The molecule has 1 atom stereocenters. The van der Waals surface area contributed by atoms with Crippen LogP contribution in [-0.4, -0.2) is 64.3 Å². The highest BCUT2D eigenvalue weighted by atomic mass is 16.5. The summed E-state index contributed by atoms with van der Waals surface area (Å²) in [6.07, 6.45) is 0.935. The topological polar surface area (TPSA) is 174 Å². The van der Waals surface area contributed by atoms with Crippen LogP contribution >= 0.6 is 0 Å². The Morgan fingerprint density at radius 3 is 2.00 bits per heavy atom. The number of hydrogen-bond donors (Lipinski definition) is 3. The zero-order chi connectivity index (χ0) is 31.1. The van der Waals surface area contributed by atoms with Gasteiger partial charge in [-0.15, -0.1) is 0 Å². The molecule has 14 nitrogen and oxygen atoms in total. The van der Waals surface area contributed by atoms with E-state index in [0.717, 1.165) is 11.1 Å². The number of amides is 6. The van der Waals surface area contributed by atoms with Gasteiger partial charge in [-0.25, -0.2) is 15.1 Å². The van der Waals surface area contributed by atoms with Gasteiger partial charge in [0.25, 0.3) is 17.7 Å². The van der Waals surface area contributed by atoms with E-state index in [9.17, 15) is 24.0 Å². The first-order chi connectivity index (χ1) is 20.7. The van der Waals surface area contributed by atoms with E-state index < -0.39 is 35.6 Å². The first-order valence-corrected chi connectivity index (χ1v) is 12.6. The number of urea groups is 1. The van der Waals surface area contributed by atoms with E-state index in [2.05, 4.69) is 21.2 Å². The molecule has 0 bridgehead atoms. The predicted molar refractivity (Wildman–Crippen MR) is 154 cm³/mol. The summed E-state index contributed by atoms with van der Waals surface area (Å²) in [6, 6.07) is 14.1. The Labute approximate surface area is 245 Å². The molecule has 1 aliphatic heterocycles. The van der Waals surface area contributed by atoms with Crippen molar-refractivity contribution in [3.05, 3.63) is 71.8 Å². The molecule has 1 fully saturated rings. The van der Waals surface area contributed by atoms with Crippen molar-refractivity contribution < 1.29 is 42.9 Å². The molecule has 0 aliphatic carbocycles. The van der Waals surface area contributed by atoms with Crippen LogP contribution in [0.5, 0.6) is 23.0 Å². The second kappa shape index (κ2) is 13.2. The Morgan fingerprint density at radius 1 is 0.814 bits per heavy atom. The number of anilines is 2. The fraction of sp³-hybridized carbons (Fsp3) is 0.172. The quantitative estimate of drug-likeness (QED) is 0.182. The maximum Gasteiger partial charge on any atom is 0.335 e. The number of carbonyl (C=O) groups is 5. The fourth-order valence-corrected chi connectivity index (χ4v) is 4.05. The zero-order valence-corrected chi connectivity index (χ0v) is 23.5. The van der Waals surface area contributed by atoms with Gasteiger partial charge >= 0.3 is 6.03 Å². The molecule has 3 aromatic carbocycles. The minimum absolute atomic E-state index is 0.178. The molecule has 222 valence electrons. The van der Waals surface area contributed by atoms with Crippen LogP contribution in [0, 0.1) is 5.92 Å². The van der Waals surface area contributed by atoms with E-state index in [1.54, 1.807) is 12.1 Å². The Hall–Kier alpha value is -5.92. The summed E-state index contributed by atoms with van der Waals surface area (Å²) < 4.78 is 20.9. The van der Waals surface area contributed by atoms with Crippen molar-refractivity contribution in [2.45, 2.75) is 0 Å². The second-order valence-corrected chi connectivity index (χ2v) is 8.81. The zero-order valence-electron chi connectivity index (χ0n) is 23.5. The summed E-state index contributed by atoms with van der Waals surface area (Å²) in [6.45, 7) is 0. The summed E-state index contributed by atoms with van der Waals surface area (Å²) in [5.74, 6) is -2.82. The molecule has 0 radical (unpaired) electrons. The van der Waals surface area contributed by atoms with Crippen molar-refractivity contribution in [1.29, 1.82) is 0 Å². The Morgan fingerprint density at radius 2 is 1.44 bits per heavy atom. The van der Waals surface area contributed by atoms with Gasteiger partial charge in [-0.2, -0.15) is 5.10 Å². The molecule has 3 N–H and O–H groups in total. The van der Waals surface area contributed by atoms with Gasteiger partial charge in [-0.05, 0) is 60.7 Å². The van der Waals surface area contributed by atoms with Crippen molar-refractivity contribution in [2.24, 2.45) is 11.0 Å². The number of nitrogens with zero attached hydrogens (tertiary/aromatic N) is 2. The third-order valence-electron chi connectivity index (χ3n) is 6.25. The van der Waals surface area contributed by atoms with E-state index in [1.807, 2.05) is 0 Å². The van der Waals surface area contributed by atoms with Crippen molar-refractivity contribution in [3.8, 4) is 23.0 Å². The molecule has 4 rings (SSSR count). The SMILES string of the molecule is COc1ccc(N2C(=O)NC(=O)[C@H](/C=N\NC(=O)c3ccc(NC(=O)c4cc(OC)c(OC)c(OC)c4)cc3)C2=O)cc1. The smallest absolute Gasteiger partial charge is 0.335 e. The number of barbiturate groups is 1. The molecule has 0 saturated carbocycles. The first kappa shape index (κ1) is 30.0. The highest BCUT2D eigenvalue weighted by Crippen LogP contribution is 2.38. The molecule has 6 amide bonds. The van der Waals surface area contributed by atoms with Crippen LogP contribution in [0.1, 0.15) is 20.7 Å². The maximum atomic E-state index is 12.9. The van der Waals surface area contributed by atoms with Crippen LogP contribution < -0.4 is 39.9 Å². The van der Waals surface area contributed by atoms with E-state index in [4.69, 9.17) is 18.9 Å². The van der Waals surface area contributed by atoms with E-state index in [0.29, 0.717) is 28.7 Å². The Kier molecular flexibility index (Phi) is 9.20. The molecule has 1 aliphatic rings. The lowest BCUT2D eigenvalue weighted by Crippen LogP contribution is -2.58. The first-order valence-electron chi connectivity index (χ1n) is 12.6. The Bertz CT molecular complexity index is 1560. The van der Waals surface area contributed by atoms with Crippen molar-refractivity contribution in [1.82, 2.24) is 10.7 Å². The molecule has 0 aromatic heterocycles. The lowest BCUT2D eigenvalue weighted by atomic mass is 10.1. The van der Waals surface area contributed by atoms with Crippen LogP contribution in [0.3, 0.4) is 0 Å². The summed E-state index contributed by atoms with van der Waals surface area (Å²) in [5.41, 5.74) is 3.28. The molecule has 14 heteroatoms. The number of hydrazone groups is 1. The van der Waals surface area contributed by atoms with Gasteiger partial charge < -0.3 is 24.3 Å². The Balaban J connectivity index is 1.39. The lowest BCUT2D eigenvalue weighted by molar-refractivity contribution is -0.131. The van der Waals surface area contributed by atoms with Gasteiger partial charge in [-0.3, -0.25) is 24.5 Å². The standard InChI is InChI=1S/C29H27N5O9/c1-40-20-11-9-19(10-12-20)34-28(38)21(27(37)32-29(34)39)15-30-33-26(36)16-5-7-18(8-6-16)31-25(35)17-13-22(41-2)24(43-4)23(14-17)42-3/h5-15,21H,1-4H3,(H,31,35)(H,33,36)(H,32,37,39)/b30-15-/t21-/m0/s1. The number of methoxy groups -OCH3 is 4. The number of hydrogen-bond acceptors (Lipinski definition) is 10. The molecule has 1 heterocycles. The van der Waals surface area contributed by atoms with Crippen molar-refractivity contribution >= 4 is 47.2 Å². The van der Waals surface area contributed by atoms with Crippen LogP contribution in [0.4, 0.5) is 16.2 Å². The van der Waals surface area contributed by atoms with Gasteiger partial charge in [0, 0.05) is 23.0 Å². The van der Waals surface area contributed by atoms with Gasteiger partial charge in [0.1, 0.15) is 5.75 Å². The third kappa shape index (κ3) is 6.53. The highest BCUT2D eigenvalue weighted by Gasteiger charge is 2.40. The lowest BCUT2D eigenvalue weighted by Gasteiger charge is -2.28. The number of imide groups is 2. The molecular weight excluding hydrogens is 562 g/mol. The second-order valence-electron chi connectivity index (χ2n) is 8.81. The van der Waals surface area contributed by atoms with Crippen LogP contribution in [0.25, 0.3) is 0 Å². The highest BCUT2D eigenvalue weighted by molar-refractivity contribution is 6.32. The van der Waals surface area contributed by atoms with Gasteiger partial charge in [0.15, 0.2) is 17.4 Å².